The van der Waals surface area contributed by atoms with Crippen molar-refractivity contribution in [1.29, 1.82) is 0 Å². The number of ether oxygens (including phenoxy) is 4. The summed E-state index contributed by atoms with van der Waals surface area (Å²) in [6.07, 6.45) is 4.77. The second kappa shape index (κ2) is 12.8. The van der Waals surface area contributed by atoms with Gasteiger partial charge in [-0.3, -0.25) is 0 Å². The van der Waals surface area contributed by atoms with E-state index in [-0.39, 0.29) is 29.8 Å². The molecule has 49 heavy (non-hydrogen) atoms. The summed E-state index contributed by atoms with van der Waals surface area (Å²) >= 11 is 0. The molecule has 3 aromatic rings. The van der Waals surface area contributed by atoms with E-state index in [0.717, 1.165) is 42.4 Å². The first kappa shape index (κ1) is 34.2. The van der Waals surface area contributed by atoms with Crippen LogP contribution >= 0.6 is 0 Å². The predicted octanol–water partition coefficient (Wildman–Crippen LogP) is 8.08. The molecule has 6 heteroatoms. The van der Waals surface area contributed by atoms with Crippen molar-refractivity contribution in [3.63, 3.8) is 0 Å². The minimum Gasteiger partial charge on any atom is -0.460 e. The number of carbonyl (C=O) groups is 1. The second-order valence-electron chi connectivity index (χ2n) is 15.7. The summed E-state index contributed by atoms with van der Waals surface area (Å²) in [7, 11) is 0. The molecule has 7 rings (SSSR count). The second-order valence-corrected chi connectivity index (χ2v) is 15.7. The van der Waals surface area contributed by atoms with Crippen LogP contribution in [0.1, 0.15) is 76.5 Å². The number of hydrogen-bond donors (Lipinski definition) is 1. The SMILES string of the molecule is C=C[C@@]1(C)C[C@@H](OC(=O)COC(c2ccccc2)(c2ccccc2)c2ccccc2)[C@@]2(C)C3C4(CC[C@@]3(CC[C@H]2C)[C@H](C)[C@@H]1O)OCCO4. The number of aliphatic hydroxyl groups excluding tert-OH is 1. The van der Waals surface area contributed by atoms with Gasteiger partial charge in [0.05, 0.1) is 19.3 Å². The van der Waals surface area contributed by atoms with Gasteiger partial charge in [-0.05, 0) is 59.6 Å². The summed E-state index contributed by atoms with van der Waals surface area (Å²) in [6, 6.07) is 30.2. The van der Waals surface area contributed by atoms with Crippen molar-refractivity contribution >= 4 is 5.97 Å². The van der Waals surface area contributed by atoms with Crippen molar-refractivity contribution in [3.05, 3.63) is 120 Å². The Morgan fingerprint density at radius 3 is 1.92 bits per heavy atom. The van der Waals surface area contributed by atoms with Crippen LogP contribution < -0.4 is 0 Å². The summed E-state index contributed by atoms with van der Waals surface area (Å²) in [5.74, 6) is -1.02. The number of hydrogen-bond acceptors (Lipinski definition) is 6. The molecule has 0 aromatic heterocycles. The third-order valence-corrected chi connectivity index (χ3v) is 13.5. The van der Waals surface area contributed by atoms with Gasteiger partial charge in [0.15, 0.2) is 5.79 Å². The van der Waals surface area contributed by atoms with E-state index < -0.39 is 40.4 Å². The molecule has 3 saturated carbocycles. The fraction of sp³-hybridized carbons (Fsp3) is 0.512. The van der Waals surface area contributed by atoms with Gasteiger partial charge in [0.1, 0.15) is 18.3 Å². The third kappa shape index (κ3) is 5.24. The van der Waals surface area contributed by atoms with Crippen LogP contribution in [0.2, 0.25) is 0 Å². The van der Waals surface area contributed by atoms with Crippen LogP contribution in [-0.4, -0.2) is 48.9 Å². The molecule has 4 aliphatic rings. The maximum absolute atomic E-state index is 14.4. The van der Waals surface area contributed by atoms with Gasteiger partial charge in [0.2, 0.25) is 0 Å². The first-order chi connectivity index (χ1) is 23.6. The summed E-state index contributed by atoms with van der Waals surface area (Å²) in [6.45, 7) is 13.9. The first-order valence-electron chi connectivity index (χ1n) is 18.2. The zero-order valence-corrected chi connectivity index (χ0v) is 29.5. The molecule has 3 aliphatic carbocycles. The quantitative estimate of drug-likeness (QED) is 0.149. The van der Waals surface area contributed by atoms with Gasteiger partial charge in [-0.2, -0.15) is 0 Å². The molecule has 1 aliphatic heterocycles. The Hall–Kier alpha value is -3.29. The highest BCUT2D eigenvalue weighted by Gasteiger charge is 2.74. The summed E-state index contributed by atoms with van der Waals surface area (Å²) in [5.41, 5.74) is 0.332. The lowest BCUT2D eigenvalue weighted by molar-refractivity contribution is -0.284. The van der Waals surface area contributed by atoms with E-state index in [1.165, 1.54) is 0 Å². The van der Waals surface area contributed by atoms with E-state index in [4.69, 9.17) is 18.9 Å². The lowest BCUT2D eigenvalue weighted by atomic mass is 9.43. The molecule has 260 valence electrons. The van der Waals surface area contributed by atoms with Gasteiger partial charge >= 0.3 is 5.97 Å². The minimum absolute atomic E-state index is 0.0114. The van der Waals surface area contributed by atoms with E-state index >= 15 is 0 Å². The Balaban J connectivity index is 1.28. The van der Waals surface area contributed by atoms with Crippen molar-refractivity contribution in [2.75, 3.05) is 19.8 Å². The Morgan fingerprint density at radius 2 is 1.41 bits per heavy atom. The zero-order valence-electron chi connectivity index (χ0n) is 29.5. The van der Waals surface area contributed by atoms with Gasteiger partial charge in [0.25, 0.3) is 0 Å². The fourth-order valence-corrected chi connectivity index (χ4v) is 10.7. The van der Waals surface area contributed by atoms with E-state index in [0.29, 0.717) is 19.6 Å². The van der Waals surface area contributed by atoms with Crippen molar-refractivity contribution in [2.24, 2.45) is 34.0 Å². The predicted molar refractivity (Wildman–Crippen MR) is 189 cm³/mol. The summed E-state index contributed by atoms with van der Waals surface area (Å²) in [5, 5.41) is 12.2. The van der Waals surface area contributed by atoms with Gasteiger partial charge in [-0.25, -0.2) is 4.79 Å². The highest BCUT2D eigenvalue weighted by Crippen LogP contribution is 2.72. The number of aliphatic hydroxyl groups is 1. The summed E-state index contributed by atoms with van der Waals surface area (Å²) in [4.78, 5) is 14.4. The average Bonchev–Trinajstić information content (AvgIpc) is 3.75. The lowest BCUT2D eigenvalue weighted by Crippen LogP contribution is -2.66. The van der Waals surface area contributed by atoms with Crippen LogP contribution in [0, 0.1) is 34.0 Å². The highest BCUT2D eigenvalue weighted by molar-refractivity contribution is 5.71. The highest BCUT2D eigenvalue weighted by atomic mass is 16.7. The van der Waals surface area contributed by atoms with Crippen molar-refractivity contribution in [1.82, 2.24) is 0 Å². The average molecular weight is 665 g/mol. The van der Waals surface area contributed by atoms with Crippen molar-refractivity contribution in [2.45, 2.75) is 83.4 Å². The van der Waals surface area contributed by atoms with Gasteiger partial charge < -0.3 is 24.1 Å². The number of carbonyl (C=O) groups excluding carboxylic acids is 1. The molecular weight excluding hydrogens is 612 g/mol. The van der Waals surface area contributed by atoms with Crippen LogP contribution in [-0.2, 0) is 29.3 Å². The van der Waals surface area contributed by atoms with E-state index in [9.17, 15) is 9.90 Å². The molecule has 4 fully saturated rings. The number of rotatable bonds is 8. The first-order valence-corrected chi connectivity index (χ1v) is 18.2. The van der Waals surface area contributed by atoms with Crippen LogP contribution in [0.25, 0.3) is 0 Å². The van der Waals surface area contributed by atoms with Crippen LogP contribution in [0.15, 0.2) is 104 Å². The Labute approximate surface area is 291 Å². The summed E-state index contributed by atoms with van der Waals surface area (Å²) < 4.78 is 26.8. The number of esters is 1. The topological polar surface area (TPSA) is 74.2 Å². The van der Waals surface area contributed by atoms with E-state index in [1.54, 1.807) is 0 Å². The lowest BCUT2D eigenvalue weighted by Gasteiger charge is -2.64. The van der Waals surface area contributed by atoms with Crippen molar-refractivity contribution in [3.8, 4) is 0 Å². The molecule has 1 spiro atoms. The van der Waals surface area contributed by atoms with Gasteiger partial charge in [-0.1, -0.05) is 125 Å². The molecule has 1 saturated heterocycles. The minimum atomic E-state index is -1.05. The van der Waals surface area contributed by atoms with E-state index in [2.05, 4.69) is 34.3 Å². The van der Waals surface area contributed by atoms with Crippen LogP contribution in [0.5, 0.6) is 0 Å². The molecule has 6 nitrogen and oxygen atoms in total. The largest absolute Gasteiger partial charge is 0.460 e. The Kier molecular flexibility index (Phi) is 8.92. The van der Waals surface area contributed by atoms with E-state index in [1.807, 2.05) is 97.1 Å². The van der Waals surface area contributed by atoms with Gasteiger partial charge in [-0.15, -0.1) is 6.58 Å². The maximum Gasteiger partial charge on any atom is 0.332 e. The zero-order chi connectivity index (χ0) is 34.5. The van der Waals surface area contributed by atoms with Crippen LogP contribution in [0.4, 0.5) is 0 Å². The van der Waals surface area contributed by atoms with Gasteiger partial charge in [0, 0.05) is 23.2 Å². The molecule has 1 unspecified atom stereocenters. The molecular formula is C43H52O6. The monoisotopic (exact) mass is 664 g/mol. The normalized spacial score (nSPS) is 35.2. The molecule has 1 N–H and O–H groups in total. The van der Waals surface area contributed by atoms with Crippen molar-refractivity contribution < 1.29 is 28.8 Å². The third-order valence-electron chi connectivity index (χ3n) is 13.5. The molecule has 8 atom stereocenters. The molecule has 0 amide bonds. The number of benzene rings is 3. The molecule has 0 radical (unpaired) electrons. The van der Waals surface area contributed by atoms with Crippen LogP contribution in [0.3, 0.4) is 0 Å². The standard InChI is InChI=1S/C43H52O6/c1-6-39(4)28-35(40(5)30(2)22-23-41(31(3)37(39)45)24-25-42(38(40)41)46-26-27-47-42)49-36(44)29-48-43(32-16-10-7-11-17-32,33-18-12-8-13-19-33)34-20-14-9-15-21-34/h6-21,30-31,35,37-38,45H,1,22-29H2,2-5H3/t30-,31-,35-,37+,38?,39+,40+,41+/m1/s1. The maximum atomic E-state index is 14.4. The Bertz CT molecular complexity index is 1520. The Morgan fingerprint density at radius 1 is 0.878 bits per heavy atom. The molecule has 3 aromatic carbocycles. The smallest absolute Gasteiger partial charge is 0.332 e. The molecule has 1 heterocycles. The fourth-order valence-electron chi connectivity index (χ4n) is 10.7. The molecule has 2 bridgehead atoms.